The van der Waals surface area contributed by atoms with Crippen molar-refractivity contribution < 1.29 is 17.6 Å². The van der Waals surface area contributed by atoms with Crippen LogP contribution in [0.25, 0.3) is 11.1 Å². The van der Waals surface area contributed by atoms with Crippen molar-refractivity contribution in [3.8, 4) is 0 Å². The number of benzene rings is 3. The van der Waals surface area contributed by atoms with Crippen LogP contribution in [0.4, 0.5) is 17.6 Å². The van der Waals surface area contributed by atoms with E-state index in [1.165, 1.54) is 12.1 Å². The van der Waals surface area contributed by atoms with Crippen molar-refractivity contribution in [3.63, 3.8) is 0 Å². The van der Waals surface area contributed by atoms with Gasteiger partial charge in [-0.05, 0) is 28.8 Å². The predicted octanol–water partition coefficient (Wildman–Crippen LogP) is 6.35. The van der Waals surface area contributed by atoms with E-state index in [2.05, 4.69) is 0 Å². The van der Waals surface area contributed by atoms with Gasteiger partial charge in [-0.15, -0.1) is 0 Å². The van der Waals surface area contributed by atoms with Gasteiger partial charge in [-0.3, -0.25) is 0 Å². The highest BCUT2D eigenvalue weighted by atomic mass is 19.4. The Balaban J connectivity index is 2.39. The van der Waals surface area contributed by atoms with Crippen molar-refractivity contribution in [2.24, 2.45) is 0 Å². The van der Waals surface area contributed by atoms with Crippen molar-refractivity contribution in [2.75, 3.05) is 0 Å². The Morgan fingerprint density at radius 3 is 1.52 bits per heavy atom. The molecule has 3 rings (SSSR count). The van der Waals surface area contributed by atoms with Crippen LogP contribution < -0.4 is 0 Å². The van der Waals surface area contributed by atoms with Gasteiger partial charge in [0.15, 0.2) is 0 Å². The average molecular weight is 342 g/mol. The fourth-order valence-electron chi connectivity index (χ4n) is 2.76. The lowest BCUT2D eigenvalue weighted by Crippen LogP contribution is -2.14. The van der Waals surface area contributed by atoms with E-state index in [0.29, 0.717) is 11.1 Å². The lowest BCUT2D eigenvalue weighted by atomic mass is 9.89. The third kappa shape index (κ3) is 3.79. The Bertz CT molecular complexity index is 837. The Morgan fingerprint density at radius 1 is 0.600 bits per heavy atom. The number of alkyl halides is 3. The molecule has 0 heterocycles. The molecular weight excluding hydrogens is 328 g/mol. The number of hydrogen-bond donors (Lipinski definition) is 0. The van der Waals surface area contributed by atoms with Gasteiger partial charge in [-0.1, -0.05) is 72.8 Å². The van der Waals surface area contributed by atoms with Crippen molar-refractivity contribution in [1.82, 2.24) is 0 Å². The van der Waals surface area contributed by atoms with Crippen LogP contribution >= 0.6 is 0 Å². The van der Waals surface area contributed by atoms with Crippen LogP contribution in [0.5, 0.6) is 0 Å². The minimum absolute atomic E-state index is 0.0271. The van der Waals surface area contributed by atoms with Crippen LogP contribution in [0.2, 0.25) is 0 Å². The minimum Gasteiger partial charge on any atom is -0.207 e. The van der Waals surface area contributed by atoms with Gasteiger partial charge in [0.2, 0.25) is 0 Å². The number of rotatable bonds is 3. The Hall–Kier alpha value is -2.88. The zero-order chi connectivity index (χ0) is 17.9. The molecule has 0 aliphatic heterocycles. The smallest absolute Gasteiger partial charge is 0.207 e. The molecule has 3 aromatic rings. The number of hydrogen-bond acceptors (Lipinski definition) is 0. The summed E-state index contributed by atoms with van der Waals surface area (Å²) in [5.41, 5.74) is -0.186. The maximum atomic E-state index is 14.0. The summed E-state index contributed by atoms with van der Waals surface area (Å²) < 4.78 is 55.5. The minimum atomic E-state index is -4.64. The van der Waals surface area contributed by atoms with Crippen LogP contribution in [0.15, 0.2) is 84.9 Å². The van der Waals surface area contributed by atoms with E-state index in [-0.39, 0.29) is 11.1 Å². The molecule has 0 amide bonds. The van der Waals surface area contributed by atoms with E-state index in [1.54, 1.807) is 60.7 Å². The summed E-state index contributed by atoms with van der Waals surface area (Å²) in [5.74, 6) is -0.709. The van der Waals surface area contributed by atoms with Gasteiger partial charge < -0.3 is 0 Å². The molecule has 0 nitrogen and oxygen atoms in total. The fourth-order valence-corrected chi connectivity index (χ4v) is 2.76. The summed E-state index contributed by atoms with van der Waals surface area (Å²) >= 11 is 0. The van der Waals surface area contributed by atoms with E-state index in [0.717, 1.165) is 12.1 Å². The summed E-state index contributed by atoms with van der Waals surface area (Å²) in [7, 11) is 0. The van der Waals surface area contributed by atoms with Gasteiger partial charge >= 0.3 is 6.18 Å². The molecule has 0 N–H and O–H groups in total. The normalized spacial score (nSPS) is 11.2. The van der Waals surface area contributed by atoms with Gasteiger partial charge in [-0.25, -0.2) is 4.39 Å². The highest BCUT2D eigenvalue weighted by Crippen LogP contribution is 2.42. The molecule has 0 aliphatic carbocycles. The molecule has 0 aliphatic rings. The van der Waals surface area contributed by atoms with Crippen LogP contribution in [0, 0.1) is 5.82 Å². The van der Waals surface area contributed by atoms with Gasteiger partial charge in [0, 0.05) is 5.57 Å². The van der Waals surface area contributed by atoms with Crippen molar-refractivity contribution >= 4 is 11.1 Å². The first-order valence-electron chi connectivity index (χ1n) is 7.65. The fraction of sp³-hybridized carbons (Fsp3) is 0.0476. The van der Waals surface area contributed by atoms with Gasteiger partial charge in [0.25, 0.3) is 0 Å². The van der Waals surface area contributed by atoms with Gasteiger partial charge in [0.1, 0.15) is 5.82 Å². The Kier molecular flexibility index (Phi) is 4.70. The van der Waals surface area contributed by atoms with Crippen LogP contribution in [-0.2, 0) is 0 Å². The summed E-state index contributed by atoms with van der Waals surface area (Å²) in [6.07, 6.45) is -4.64. The third-order valence-electron chi connectivity index (χ3n) is 3.77. The van der Waals surface area contributed by atoms with Gasteiger partial charge in [-0.2, -0.15) is 13.2 Å². The van der Waals surface area contributed by atoms with E-state index in [9.17, 15) is 17.6 Å². The SMILES string of the molecule is Fc1cccc(C(=C(c2ccccc2)c2ccccc2)C(F)(F)F)c1. The lowest BCUT2D eigenvalue weighted by Gasteiger charge is -2.19. The van der Waals surface area contributed by atoms with E-state index in [1.807, 2.05) is 0 Å². The lowest BCUT2D eigenvalue weighted by molar-refractivity contribution is -0.0685. The van der Waals surface area contributed by atoms with Crippen molar-refractivity contribution in [2.45, 2.75) is 6.18 Å². The molecule has 0 bridgehead atoms. The summed E-state index contributed by atoms with van der Waals surface area (Å²) in [5, 5.41) is 0. The van der Waals surface area contributed by atoms with Crippen LogP contribution in [-0.4, -0.2) is 6.18 Å². The third-order valence-corrected chi connectivity index (χ3v) is 3.77. The highest BCUT2D eigenvalue weighted by molar-refractivity contribution is 6.00. The molecule has 0 radical (unpaired) electrons. The molecule has 0 aromatic heterocycles. The first-order chi connectivity index (χ1) is 12.0. The van der Waals surface area contributed by atoms with Crippen LogP contribution in [0.1, 0.15) is 16.7 Å². The highest BCUT2D eigenvalue weighted by Gasteiger charge is 2.38. The molecule has 0 saturated heterocycles. The molecule has 0 atom stereocenters. The second-order valence-electron chi connectivity index (χ2n) is 5.49. The number of allylic oxidation sites excluding steroid dienone is 1. The van der Waals surface area contributed by atoms with Crippen molar-refractivity contribution in [1.29, 1.82) is 0 Å². The molecule has 25 heavy (non-hydrogen) atoms. The van der Waals surface area contributed by atoms with Gasteiger partial charge in [0.05, 0.1) is 5.57 Å². The largest absolute Gasteiger partial charge is 0.417 e. The van der Waals surface area contributed by atoms with Crippen LogP contribution in [0.3, 0.4) is 0 Å². The van der Waals surface area contributed by atoms with E-state index in [4.69, 9.17) is 0 Å². The topological polar surface area (TPSA) is 0 Å². The quantitative estimate of drug-likeness (QED) is 0.384. The molecule has 3 aromatic carbocycles. The maximum absolute atomic E-state index is 14.0. The molecule has 0 saturated carbocycles. The van der Waals surface area contributed by atoms with Crippen molar-refractivity contribution in [3.05, 3.63) is 107 Å². The molecule has 0 unspecified atom stereocenters. The summed E-state index contributed by atoms with van der Waals surface area (Å²) in [6, 6.07) is 21.3. The average Bonchev–Trinajstić information content (AvgIpc) is 2.60. The second-order valence-corrected chi connectivity index (χ2v) is 5.49. The summed E-state index contributed by atoms with van der Waals surface area (Å²) in [4.78, 5) is 0. The molecular formula is C21H14F4. The number of halogens is 4. The van der Waals surface area contributed by atoms with E-state index >= 15 is 0 Å². The maximum Gasteiger partial charge on any atom is 0.417 e. The zero-order valence-corrected chi connectivity index (χ0v) is 13.1. The monoisotopic (exact) mass is 342 g/mol. The van der Waals surface area contributed by atoms with E-state index < -0.39 is 17.6 Å². The molecule has 0 fully saturated rings. The predicted molar refractivity (Wildman–Crippen MR) is 91.3 cm³/mol. The molecule has 126 valence electrons. The Morgan fingerprint density at radius 2 is 1.08 bits per heavy atom. The zero-order valence-electron chi connectivity index (χ0n) is 13.1. The second kappa shape index (κ2) is 6.93. The first kappa shape index (κ1) is 17.0. The molecule has 4 heteroatoms. The standard InChI is InChI=1S/C21H14F4/c22-18-13-7-12-17(14-18)20(21(23,24)25)19(15-8-3-1-4-9-15)16-10-5-2-6-11-16/h1-14H. The summed E-state index contributed by atoms with van der Waals surface area (Å²) in [6.45, 7) is 0. The molecule has 0 spiro atoms. The Labute approximate surface area is 143 Å². The first-order valence-corrected chi connectivity index (χ1v) is 7.65.